The number of benzene rings is 1. The van der Waals surface area contributed by atoms with E-state index in [0.717, 1.165) is 14.9 Å². The molecular formula is C16H17N5O4S. The van der Waals surface area contributed by atoms with Gasteiger partial charge in [-0.2, -0.15) is 9.36 Å². The van der Waals surface area contributed by atoms with Crippen molar-refractivity contribution < 1.29 is 14.3 Å². The molecule has 0 aliphatic rings. The molecule has 10 heteroatoms. The Morgan fingerprint density at radius 1 is 1.23 bits per heavy atom. The maximum atomic E-state index is 12.3. The lowest BCUT2D eigenvalue weighted by Gasteiger charge is -2.13. The van der Waals surface area contributed by atoms with E-state index < -0.39 is 11.6 Å². The molecule has 1 aromatic carbocycles. The number of carbonyl (C=O) groups is 1. The lowest BCUT2D eigenvalue weighted by atomic mass is 10.1. The Labute approximate surface area is 152 Å². The number of rotatable bonds is 6. The molecule has 0 saturated carbocycles. The van der Waals surface area contributed by atoms with Crippen LogP contribution in [0.1, 0.15) is 5.56 Å². The molecule has 26 heavy (non-hydrogen) atoms. The zero-order chi connectivity index (χ0) is 18.7. The van der Waals surface area contributed by atoms with Crippen molar-refractivity contribution in [3.05, 3.63) is 45.7 Å². The van der Waals surface area contributed by atoms with Crippen LogP contribution in [0.15, 0.2) is 34.4 Å². The van der Waals surface area contributed by atoms with E-state index in [0.29, 0.717) is 22.2 Å². The van der Waals surface area contributed by atoms with Gasteiger partial charge in [-0.3, -0.25) is 4.79 Å². The van der Waals surface area contributed by atoms with Crippen LogP contribution in [-0.4, -0.2) is 39.9 Å². The molecule has 0 radical (unpaired) electrons. The third-order valence-corrected chi connectivity index (χ3v) is 4.50. The summed E-state index contributed by atoms with van der Waals surface area (Å²) in [6, 6.07) is 6.97. The fourth-order valence-corrected chi connectivity index (χ4v) is 3.01. The molecule has 1 amide bonds. The van der Waals surface area contributed by atoms with E-state index in [1.807, 2.05) is 12.3 Å². The highest BCUT2D eigenvalue weighted by Crippen LogP contribution is 2.32. The molecule has 0 unspecified atom stereocenters. The molecule has 1 N–H and O–H groups in total. The molecule has 2 aromatic heterocycles. The molecule has 3 aromatic rings. The number of thiophene rings is 1. The van der Waals surface area contributed by atoms with Crippen LogP contribution in [0.5, 0.6) is 11.5 Å². The number of amides is 1. The number of anilines is 1. The van der Waals surface area contributed by atoms with Gasteiger partial charge in [-0.1, -0.05) is 0 Å². The number of hydrogen-bond donors (Lipinski definition) is 1. The molecule has 0 atom stereocenters. The van der Waals surface area contributed by atoms with E-state index in [1.165, 1.54) is 18.4 Å². The van der Waals surface area contributed by atoms with Crippen LogP contribution in [-0.2, 0) is 11.3 Å². The summed E-state index contributed by atoms with van der Waals surface area (Å²) in [5, 5.41) is 12.8. The summed E-state index contributed by atoms with van der Waals surface area (Å²) in [6.45, 7) is 1.58. The zero-order valence-corrected chi connectivity index (χ0v) is 15.2. The molecule has 3 rings (SSSR count). The number of tetrazole rings is 1. The SMILES string of the molecule is COc1cc(C)c(NC(=O)Cn2nnn(-c3cccs3)c2=O)cc1OC. The van der Waals surface area contributed by atoms with Gasteiger partial charge in [-0.15, -0.1) is 11.3 Å². The maximum Gasteiger partial charge on any atom is 0.369 e. The Balaban J connectivity index is 1.77. The molecule has 0 bridgehead atoms. The zero-order valence-electron chi connectivity index (χ0n) is 14.4. The Kier molecular flexibility index (Phi) is 5.03. The van der Waals surface area contributed by atoms with Crippen molar-refractivity contribution in [2.24, 2.45) is 0 Å². The number of nitrogens with zero attached hydrogens (tertiary/aromatic N) is 4. The van der Waals surface area contributed by atoms with Crippen molar-refractivity contribution in [3.63, 3.8) is 0 Å². The normalized spacial score (nSPS) is 10.6. The smallest absolute Gasteiger partial charge is 0.369 e. The van der Waals surface area contributed by atoms with E-state index in [-0.39, 0.29) is 6.54 Å². The van der Waals surface area contributed by atoms with Gasteiger partial charge in [0, 0.05) is 11.8 Å². The minimum absolute atomic E-state index is 0.252. The quantitative estimate of drug-likeness (QED) is 0.700. The minimum atomic E-state index is -0.480. The predicted octanol–water partition coefficient (Wildman–Crippen LogP) is 1.45. The van der Waals surface area contributed by atoms with Gasteiger partial charge >= 0.3 is 5.69 Å². The molecule has 2 heterocycles. The highest BCUT2D eigenvalue weighted by molar-refractivity contribution is 7.12. The molecule has 0 spiro atoms. The minimum Gasteiger partial charge on any atom is -0.493 e. The largest absolute Gasteiger partial charge is 0.493 e. The first-order valence-electron chi connectivity index (χ1n) is 7.62. The molecule has 0 fully saturated rings. The van der Waals surface area contributed by atoms with Gasteiger partial charge in [0.15, 0.2) is 11.5 Å². The Morgan fingerprint density at radius 2 is 1.96 bits per heavy atom. The van der Waals surface area contributed by atoms with Crippen LogP contribution >= 0.6 is 11.3 Å². The van der Waals surface area contributed by atoms with Gasteiger partial charge in [0.05, 0.1) is 14.2 Å². The number of hydrogen-bond acceptors (Lipinski definition) is 7. The average molecular weight is 375 g/mol. The van der Waals surface area contributed by atoms with Crippen molar-refractivity contribution in [1.82, 2.24) is 19.8 Å². The topological polar surface area (TPSA) is 100 Å². The second-order valence-electron chi connectivity index (χ2n) is 5.35. The highest BCUT2D eigenvalue weighted by atomic mass is 32.1. The first-order chi connectivity index (χ1) is 12.5. The first kappa shape index (κ1) is 17.7. The highest BCUT2D eigenvalue weighted by Gasteiger charge is 2.15. The van der Waals surface area contributed by atoms with Gasteiger partial charge < -0.3 is 14.8 Å². The van der Waals surface area contributed by atoms with Crippen molar-refractivity contribution in [2.75, 3.05) is 19.5 Å². The van der Waals surface area contributed by atoms with Crippen LogP contribution in [0.3, 0.4) is 0 Å². The first-order valence-corrected chi connectivity index (χ1v) is 8.50. The van der Waals surface area contributed by atoms with E-state index in [4.69, 9.17) is 9.47 Å². The van der Waals surface area contributed by atoms with Crippen molar-refractivity contribution in [2.45, 2.75) is 13.5 Å². The van der Waals surface area contributed by atoms with Gasteiger partial charge in [-0.25, -0.2) is 4.79 Å². The summed E-state index contributed by atoms with van der Waals surface area (Å²) in [5.74, 6) is 0.660. The number of aromatic nitrogens is 4. The maximum absolute atomic E-state index is 12.3. The second kappa shape index (κ2) is 7.40. The summed E-state index contributed by atoms with van der Waals surface area (Å²) in [7, 11) is 3.06. The number of nitrogens with one attached hydrogen (secondary N) is 1. The van der Waals surface area contributed by atoms with Crippen LogP contribution < -0.4 is 20.5 Å². The molecule has 9 nitrogen and oxygen atoms in total. The van der Waals surface area contributed by atoms with E-state index in [2.05, 4.69) is 15.7 Å². The Morgan fingerprint density at radius 3 is 2.62 bits per heavy atom. The molecule has 0 saturated heterocycles. The second-order valence-corrected chi connectivity index (χ2v) is 6.28. The van der Waals surface area contributed by atoms with Crippen LogP contribution in [0.4, 0.5) is 5.69 Å². The van der Waals surface area contributed by atoms with Gasteiger partial charge in [0.1, 0.15) is 11.5 Å². The standard InChI is InChI=1S/C16H17N5O4S/c1-10-7-12(24-2)13(25-3)8-11(10)17-14(22)9-20-16(23)21(19-18-20)15-5-4-6-26-15/h4-8H,9H2,1-3H3,(H,17,22). The number of aryl methyl sites for hydroxylation is 1. The van der Waals surface area contributed by atoms with Crippen molar-refractivity contribution >= 4 is 22.9 Å². The number of methoxy groups -OCH3 is 2. The number of carbonyl (C=O) groups excluding carboxylic acids is 1. The fourth-order valence-electron chi connectivity index (χ4n) is 2.34. The predicted molar refractivity (Wildman–Crippen MR) is 96.4 cm³/mol. The fraction of sp³-hybridized carbons (Fsp3) is 0.250. The van der Waals surface area contributed by atoms with Crippen molar-refractivity contribution in [1.29, 1.82) is 0 Å². The molecule has 0 aliphatic heterocycles. The lowest BCUT2D eigenvalue weighted by Crippen LogP contribution is -2.29. The third kappa shape index (κ3) is 3.45. The Bertz CT molecular complexity index is 977. The van der Waals surface area contributed by atoms with Gasteiger partial charge in [0.2, 0.25) is 5.91 Å². The van der Waals surface area contributed by atoms with Crippen molar-refractivity contribution in [3.8, 4) is 16.5 Å². The molecule has 0 aliphatic carbocycles. The summed E-state index contributed by atoms with van der Waals surface area (Å²) in [6.07, 6.45) is 0. The molecule has 136 valence electrons. The summed E-state index contributed by atoms with van der Waals surface area (Å²) in [5.41, 5.74) is 0.878. The average Bonchev–Trinajstić information content (AvgIpc) is 3.27. The van der Waals surface area contributed by atoms with Crippen LogP contribution in [0.25, 0.3) is 5.00 Å². The Hall–Kier alpha value is -3.14. The van der Waals surface area contributed by atoms with E-state index in [1.54, 1.807) is 31.4 Å². The van der Waals surface area contributed by atoms with Gasteiger partial charge in [-0.05, 0) is 46.5 Å². The summed E-state index contributed by atoms with van der Waals surface area (Å²) in [4.78, 5) is 24.6. The summed E-state index contributed by atoms with van der Waals surface area (Å²) >= 11 is 1.36. The van der Waals surface area contributed by atoms with E-state index in [9.17, 15) is 9.59 Å². The summed E-state index contributed by atoms with van der Waals surface area (Å²) < 4.78 is 12.6. The van der Waals surface area contributed by atoms with Gasteiger partial charge in [0.25, 0.3) is 0 Å². The third-order valence-electron chi connectivity index (χ3n) is 3.65. The van der Waals surface area contributed by atoms with E-state index >= 15 is 0 Å². The van der Waals surface area contributed by atoms with Crippen LogP contribution in [0.2, 0.25) is 0 Å². The lowest BCUT2D eigenvalue weighted by molar-refractivity contribution is -0.117. The number of ether oxygens (including phenoxy) is 2. The van der Waals surface area contributed by atoms with Crippen LogP contribution in [0, 0.1) is 6.92 Å². The molecular weight excluding hydrogens is 358 g/mol. The monoisotopic (exact) mass is 375 g/mol.